The van der Waals surface area contributed by atoms with Crippen molar-refractivity contribution in [3.63, 3.8) is 0 Å². The van der Waals surface area contributed by atoms with Crippen LogP contribution < -0.4 is 0 Å². The van der Waals surface area contributed by atoms with Crippen molar-refractivity contribution in [2.24, 2.45) is 0 Å². The van der Waals surface area contributed by atoms with Crippen LogP contribution >= 0.6 is 22.6 Å². The number of halogens is 2. The summed E-state index contributed by atoms with van der Waals surface area (Å²) >= 11 is 1.27. The Labute approximate surface area is 82.5 Å². The van der Waals surface area contributed by atoms with Gasteiger partial charge in [-0.1, -0.05) is 30.3 Å². The number of alkyl halides is 2. The second-order valence-electron chi connectivity index (χ2n) is 2.25. The van der Waals surface area contributed by atoms with Gasteiger partial charge in [0, 0.05) is 5.56 Å². The molecule has 0 saturated carbocycles. The molecule has 0 saturated heterocycles. The molecule has 0 spiro atoms. The fourth-order valence-electron chi connectivity index (χ4n) is 0.771. The highest BCUT2D eigenvalue weighted by atomic mass is 127. The summed E-state index contributed by atoms with van der Waals surface area (Å²) in [5.41, 5.74) is 0.151. The van der Waals surface area contributed by atoms with Crippen LogP contribution in [0.2, 0.25) is 0 Å². The van der Waals surface area contributed by atoms with Gasteiger partial charge in [0.2, 0.25) is 0 Å². The minimum atomic E-state index is -2.32. The molecular formula is C8H6FIO2. The average molecular weight is 280 g/mol. The van der Waals surface area contributed by atoms with Gasteiger partial charge in [-0.05, 0) is 22.6 Å². The van der Waals surface area contributed by atoms with Gasteiger partial charge in [-0.2, -0.15) is 0 Å². The van der Waals surface area contributed by atoms with Gasteiger partial charge in [0.1, 0.15) is 0 Å². The molecular weight excluding hydrogens is 274 g/mol. The zero-order valence-corrected chi connectivity index (χ0v) is 8.16. The van der Waals surface area contributed by atoms with Crippen LogP contribution in [-0.4, -0.2) is 11.1 Å². The van der Waals surface area contributed by atoms with Crippen LogP contribution in [0.4, 0.5) is 4.39 Å². The highest BCUT2D eigenvalue weighted by Crippen LogP contribution is 2.33. The number of hydrogen-bond donors (Lipinski definition) is 1. The number of carboxylic acids is 1. The number of rotatable bonds is 2. The van der Waals surface area contributed by atoms with Crippen LogP contribution in [0.5, 0.6) is 0 Å². The Hall–Kier alpha value is -0.650. The minimum Gasteiger partial charge on any atom is -0.478 e. The summed E-state index contributed by atoms with van der Waals surface area (Å²) in [5.74, 6) is -1.48. The van der Waals surface area contributed by atoms with Crippen molar-refractivity contribution in [2.45, 2.75) is 3.68 Å². The van der Waals surface area contributed by atoms with E-state index in [1.165, 1.54) is 34.7 Å². The van der Waals surface area contributed by atoms with Crippen LogP contribution in [0, 0.1) is 0 Å². The van der Waals surface area contributed by atoms with E-state index >= 15 is 0 Å². The zero-order valence-electron chi connectivity index (χ0n) is 6.00. The first-order chi connectivity index (χ1) is 5.55. The third-order valence-corrected chi connectivity index (χ3v) is 2.49. The van der Waals surface area contributed by atoms with E-state index < -0.39 is 9.64 Å². The summed E-state index contributed by atoms with van der Waals surface area (Å²) in [5, 5.41) is 8.51. The molecule has 1 unspecified atom stereocenters. The lowest BCUT2D eigenvalue weighted by Gasteiger charge is -2.12. The number of hydrogen-bond acceptors (Lipinski definition) is 1. The Balaban J connectivity index is 3.06. The number of carboxylic acid groups (broad SMARTS) is 1. The third-order valence-electron chi connectivity index (χ3n) is 1.40. The molecule has 0 radical (unpaired) electrons. The largest absolute Gasteiger partial charge is 0.478 e. The molecule has 0 heterocycles. The lowest BCUT2D eigenvalue weighted by Crippen LogP contribution is -2.22. The molecule has 4 heteroatoms. The van der Waals surface area contributed by atoms with Crippen LogP contribution in [-0.2, 0) is 8.47 Å². The molecule has 64 valence electrons. The van der Waals surface area contributed by atoms with Crippen molar-refractivity contribution in [2.75, 3.05) is 0 Å². The summed E-state index contributed by atoms with van der Waals surface area (Å²) < 4.78 is 11.0. The quantitative estimate of drug-likeness (QED) is 0.667. The molecule has 0 aliphatic heterocycles. The van der Waals surface area contributed by atoms with Crippen LogP contribution in [0.15, 0.2) is 30.3 Å². The van der Waals surface area contributed by atoms with Gasteiger partial charge in [-0.25, -0.2) is 9.18 Å². The van der Waals surface area contributed by atoms with Crippen LogP contribution in [0.3, 0.4) is 0 Å². The smallest absolute Gasteiger partial charge is 0.356 e. The Morgan fingerprint density at radius 1 is 1.42 bits per heavy atom. The van der Waals surface area contributed by atoms with E-state index in [2.05, 4.69) is 0 Å². The Morgan fingerprint density at radius 3 is 2.33 bits per heavy atom. The van der Waals surface area contributed by atoms with Crippen molar-refractivity contribution in [3.8, 4) is 0 Å². The predicted molar refractivity (Wildman–Crippen MR) is 50.9 cm³/mol. The predicted octanol–water partition coefficient (Wildman–Crippen LogP) is 2.33. The average Bonchev–Trinajstić information content (AvgIpc) is 2.06. The second kappa shape index (κ2) is 3.38. The minimum absolute atomic E-state index is 0.151. The topological polar surface area (TPSA) is 37.3 Å². The molecule has 0 bridgehead atoms. The standard InChI is InChI=1S/C8H6FIO2/c9-8(10,7(11)12)6-4-2-1-3-5-6/h1-5H,(H,11,12). The SMILES string of the molecule is O=C(O)C(F)(I)c1ccccc1. The van der Waals surface area contributed by atoms with Crippen molar-refractivity contribution in [3.05, 3.63) is 35.9 Å². The van der Waals surface area contributed by atoms with Crippen molar-refractivity contribution in [1.29, 1.82) is 0 Å². The fraction of sp³-hybridized carbons (Fsp3) is 0.125. The maximum absolute atomic E-state index is 13.3. The van der Waals surface area contributed by atoms with Crippen molar-refractivity contribution < 1.29 is 14.3 Å². The summed E-state index contributed by atoms with van der Waals surface area (Å²) in [6.45, 7) is 0. The van der Waals surface area contributed by atoms with Gasteiger partial charge in [0.15, 0.2) is 0 Å². The molecule has 1 rings (SSSR count). The Morgan fingerprint density at radius 2 is 1.92 bits per heavy atom. The van der Waals surface area contributed by atoms with E-state index in [4.69, 9.17) is 5.11 Å². The van der Waals surface area contributed by atoms with Crippen LogP contribution in [0.1, 0.15) is 5.56 Å². The highest BCUT2D eigenvalue weighted by molar-refractivity contribution is 14.1. The normalized spacial score (nSPS) is 15.2. The van der Waals surface area contributed by atoms with Gasteiger partial charge in [0.25, 0.3) is 3.68 Å². The molecule has 0 fully saturated rings. The van der Waals surface area contributed by atoms with Gasteiger partial charge in [0.05, 0.1) is 0 Å². The molecule has 0 aliphatic carbocycles. The molecule has 1 aromatic carbocycles. The molecule has 0 aliphatic rings. The summed E-state index contributed by atoms with van der Waals surface area (Å²) in [6.07, 6.45) is 0. The lowest BCUT2D eigenvalue weighted by molar-refractivity contribution is -0.144. The Bertz CT molecular complexity index is 284. The number of benzene rings is 1. The van der Waals surface area contributed by atoms with E-state index in [9.17, 15) is 9.18 Å². The van der Waals surface area contributed by atoms with E-state index in [1.54, 1.807) is 18.2 Å². The summed E-state index contributed by atoms with van der Waals surface area (Å²) in [7, 11) is 0. The number of carbonyl (C=O) groups is 1. The first kappa shape index (κ1) is 9.44. The summed E-state index contributed by atoms with van der Waals surface area (Å²) in [6, 6.07) is 7.80. The molecule has 0 amide bonds. The molecule has 1 atom stereocenters. The second-order valence-corrected chi connectivity index (χ2v) is 3.73. The molecule has 1 N–H and O–H groups in total. The maximum Gasteiger partial charge on any atom is 0.356 e. The van der Waals surface area contributed by atoms with E-state index in [0.717, 1.165) is 0 Å². The lowest BCUT2D eigenvalue weighted by atomic mass is 10.1. The monoisotopic (exact) mass is 280 g/mol. The first-order valence-corrected chi connectivity index (χ1v) is 4.30. The van der Waals surface area contributed by atoms with Crippen LogP contribution in [0.25, 0.3) is 0 Å². The van der Waals surface area contributed by atoms with Gasteiger partial charge in [-0.3, -0.25) is 0 Å². The Kier molecular flexibility index (Phi) is 2.66. The third kappa shape index (κ3) is 1.74. The van der Waals surface area contributed by atoms with E-state index in [1.807, 2.05) is 0 Å². The van der Waals surface area contributed by atoms with E-state index in [-0.39, 0.29) is 5.56 Å². The van der Waals surface area contributed by atoms with E-state index in [0.29, 0.717) is 0 Å². The fourth-order valence-corrected chi connectivity index (χ4v) is 1.13. The summed E-state index contributed by atoms with van der Waals surface area (Å²) in [4.78, 5) is 10.4. The highest BCUT2D eigenvalue weighted by Gasteiger charge is 2.37. The maximum atomic E-state index is 13.3. The number of aliphatic carboxylic acids is 1. The zero-order chi connectivity index (χ0) is 9.19. The molecule has 12 heavy (non-hydrogen) atoms. The van der Waals surface area contributed by atoms with Gasteiger partial charge < -0.3 is 5.11 Å². The molecule has 0 aromatic heterocycles. The molecule has 2 nitrogen and oxygen atoms in total. The van der Waals surface area contributed by atoms with Gasteiger partial charge in [-0.15, -0.1) is 0 Å². The van der Waals surface area contributed by atoms with Crippen molar-refractivity contribution >= 4 is 28.6 Å². The van der Waals surface area contributed by atoms with Crippen molar-refractivity contribution in [1.82, 2.24) is 0 Å². The first-order valence-electron chi connectivity index (χ1n) is 3.22. The van der Waals surface area contributed by atoms with Gasteiger partial charge >= 0.3 is 5.97 Å². The molecule has 1 aromatic rings.